The van der Waals surface area contributed by atoms with Gasteiger partial charge in [-0.1, -0.05) is 0 Å². The number of nitrogens with one attached hydrogen (secondary N) is 1. The van der Waals surface area contributed by atoms with Gasteiger partial charge in [0.05, 0.1) is 12.0 Å². The molecule has 0 saturated carbocycles. The number of methoxy groups -OCH3 is 1. The first kappa shape index (κ1) is 16.6. The molecule has 5 nitrogen and oxygen atoms in total. The van der Waals surface area contributed by atoms with Crippen LogP contribution in [0.15, 0.2) is 23.1 Å². The molecule has 0 bridgehead atoms. The first-order chi connectivity index (χ1) is 10.1. The van der Waals surface area contributed by atoms with Gasteiger partial charge in [-0.2, -0.15) is 11.8 Å². The van der Waals surface area contributed by atoms with Gasteiger partial charge in [0.1, 0.15) is 5.75 Å². The molecule has 1 fully saturated rings. The number of ether oxygens (including phenoxy) is 1. The van der Waals surface area contributed by atoms with Crippen molar-refractivity contribution in [3.63, 3.8) is 0 Å². The molecule has 2 rings (SSSR count). The maximum Gasteiger partial charge on any atom is 0.241 e. The van der Waals surface area contributed by atoms with Gasteiger partial charge in [-0.25, -0.2) is 13.1 Å². The van der Waals surface area contributed by atoms with Crippen LogP contribution in [0, 0.1) is 0 Å². The molecule has 118 valence electrons. The normalized spacial score (nSPS) is 16.9. The summed E-state index contributed by atoms with van der Waals surface area (Å²) in [7, 11) is -2.03. The summed E-state index contributed by atoms with van der Waals surface area (Å²) in [5.41, 5.74) is 0.578. The Morgan fingerprint density at radius 3 is 2.71 bits per heavy atom. The summed E-state index contributed by atoms with van der Waals surface area (Å²) in [4.78, 5) is 0.232. The van der Waals surface area contributed by atoms with Gasteiger partial charge in [0.15, 0.2) is 0 Å². The van der Waals surface area contributed by atoms with E-state index < -0.39 is 10.0 Å². The lowest BCUT2D eigenvalue weighted by atomic mass is 10.1. The second-order valence-corrected chi connectivity index (χ2v) is 7.86. The molecule has 1 saturated heterocycles. The lowest BCUT2D eigenvalue weighted by Crippen LogP contribution is -2.37. The summed E-state index contributed by atoms with van der Waals surface area (Å²) < 4.78 is 33.0. The summed E-state index contributed by atoms with van der Waals surface area (Å²) in [5.74, 6) is 2.56. The van der Waals surface area contributed by atoms with E-state index in [9.17, 15) is 8.42 Å². The highest BCUT2D eigenvalue weighted by molar-refractivity contribution is 7.99. The van der Waals surface area contributed by atoms with Crippen LogP contribution in [0.5, 0.6) is 5.75 Å². The molecule has 1 aliphatic heterocycles. The lowest BCUT2D eigenvalue weighted by Gasteiger charge is -2.23. The molecule has 0 radical (unpaired) electrons. The number of benzene rings is 1. The Balaban J connectivity index is 2.25. The average Bonchev–Trinajstić information content (AvgIpc) is 2.48. The summed E-state index contributed by atoms with van der Waals surface area (Å²) in [6.07, 6.45) is 2.00. The monoisotopic (exact) mass is 331 g/mol. The molecule has 1 heterocycles. The fourth-order valence-electron chi connectivity index (χ4n) is 2.36. The van der Waals surface area contributed by atoms with E-state index in [1.165, 1.54) is 7.11 Å². The van der Waals surface area contributed by atoms with Crippen molar-refractivity contribution >= 4 is 21.8 Å². The SMILES string of the molecule is COc1ccc(S(=O)(=O)NC2CCSCC2)c(CCO)c1. The number of hydrogen-bond acceptors (Lipinski definition) is 5. The minimum Gasteiger partial charge on any atom is -0.497 e. The number of aliphatic hydroxyl groups is 1. The highest BCUT2D eigenvalue weighted by atomic mass is 32.2. The second kappa shape index (κ2) is 7.49. The first-order valence-corrected chi connectivity index (χ1v) is 9.58. The quantitative estimate of drug-likeness (QED) is 0.824. The van der Waals surface area contributed by atoms with Gasteiger partial charge < -0.3 is 9.84 Å². The van der Waals surface area contributed by atoms with Crippen LogP contribution in [0.1, 0.15) is 18.4 Å². The zero-order valence-corrected chi connectivity index (χ0v) is 13.7. The summed E-state index contributed by atoms with van der Waals surface area (Å²) >= 11 is 1.85. The van der Waals surface area contributed by atoms with E-state index in [0.717, 1.165) is 24.3 Å². The maximum absolute atomic E-state index is 12.6. The van der Waals surface area contributed by atoms with E-state index in [2.05, 4.69) is 4.72 Å². The van der Waals surface area contributed by atoms with Gasteiger partial charge in [0.2, 0.25) is 10.0 Å². The van der Waals surface area contributed by atoms with Crippen LogP contribution in [0.2, 0.25) is 0 Å². The van der Waals surface area contributed by atoms with Gasteiger partial charge in [-0.3, -0.25) is 0 Å². The van der Waals surface area contributed by atoms with Gasteiger partial charge in [-0.05, 0) is 54.5 Å². The first-order valence-electron chi connectivity index (χ1n) is 6.94. The third-order valence-corrected chi connectivity index (χ3v) is 6.15. The lowest BCUT2D eigenvalue weighted by molar-refractivity contribution is 0.298. The van der Waals surface area contributed by atoms with Crippen LogP contribution >= 0.6 is 11.8 Å². The van der Waals surface area contributed by atoms with Crippen LogP contribution in [0.3, 0.4) is 0 Å². The molecule has 1 aromatic rings. The number of thioether (sulfide) groups is 1. The standard InChI is InChI=1S/C14H21NO4S2/c1-19-13-2-3-14(11(10-13)4-7-16)21(17,18)15-12-5-8-20-9-6-12/h2-3,10,12,15-16H,4-9H2,1H3. The zero-order chi connectivity index (χ0) is 15.3. The van der Waals surface area contributed by atoms with Crippen molar-refractivity contribution in [3.8, 4) is 5.75 Å². The molecule has 0 unspecified atom stereocenters. The molecule has 1 aromatic carbocycles. The Hall–Kier alpha value is -0.760. The van der Waals surface area contributed by atoms with E-state index in [-0.39, 0.29) is 24.0 Å². The molecule has 7 heteroatoms. The molecule has 2 N–H and O–H groups in total. The Labute approximate surface area is 130 Å². The highest BCUT2D eigenvalue weighted by Crippen LogP contribution is 2.24. The summed E-state index contributed by atoms with van der Waals surface area (Å²) in [6, 6.07) is 4.84. The minimum absolute atomic E-state index is 0.000304. The summed E-state index contributed by atoms with van der Waals surface area (Å²) in [6.45, 7) is -0.101. The van der Waals surface area contributed by atoms with Crippen molar-refractivity contribution in [2.24, 2.45) is 0 Å². The van der Waals surface area contributed by atoms with Crippen molar-refractivity contribution in [1.29, 1.82) is 0 Å². The number of aliphatic hydroxyl groups excluding tert-OH is 1. The van der Waals surface area contributed by atoms with Crippen molar-refractivity contribution in [2.45, 2.75) is 30.2 Å². The molecular formula is C14H21NO4S2. The second-order valence-electron chi connectivity index (χ2n) is 4.96. The van der Waals surface area contributed by atoms with Gasteiger partial charge >= 0.3 is 0 Å². The molecule has 0 amide bonds. The third kappa shape index (κ3) is 4.35. The maximum atomic E-state index is 12.6. The smallest absolute Gasteiger partial charge is 0.241 e. The minimum atomic E-state index is -3.56. The number of hydrogen-bond donors (Lipinski definition) is 2. The fraction of sp³-hybridized carbons (Fsp3) is 0.571. The van der Waals surface area contributed by atoms with Crippen LogP contribution in [-0.4, -0.2) is 44.8 Å². The predicted molar refractivity (Wildman–Crippen MR) is 84.5 cm³/mol. The average molecular weight is 331 g/mol. The zero-order valence-electron chi connectivity index (χ0n) is 12.0. The van der Waals surface area contributed by atoms with Gasteiger partial charge in [0, 0.05) is 12.6 Å². The topological polar surface area (TPSA) is 75.6 Å². The van der Waals surface area contributed by atoms with Crippen LogP contribution in [0.4, 0.5) is 0 Å². The van der Waals surface area contributed by atoms with E-state index >= 15 is 0 Å². The highest BCUT2D eigenvalue weighted by Gasteiger charge is 2.24. The van der Waals surface area contributed by atoms with Crippen LogP contribution in [0.25, 0.3) is 0 Å². The van der Waals surface area contributed by atoms with E-state index in [4.69, 9.17) is 9.84 Å². The molecule has 1 aliphatic rings. The van der Waals surface area contributed by atoms with Gasteiger partial charge in [-0.15, -0.1) is 0 Å². The third-order valence-electron chi connectivity index (χ3n) is 3.48. The number of rotatable bonds is 6. The number of sulfonamides is 1. The van der Waals surface area contributed by atoms with Crippen molar-refractivity contribution in [1.82, 2.24) is 4.72 Å². The van der Waals surface area contributed by atoms with E-state index in [1.54, 1.807) is 18.2 Å². The fourth-order valence-corrected chi connectivity index (χ4v) is 5.02. The van der Waals surface area contributed by atoms with Crippen molar-refractivity contribution in [3.05, 3.63) is 23.8 Å². The van der Waals surface area contributed by atoms with Crippen LogP contribution < -0.4 is 9.46 Å². The Morgan fingerprint density at radius 2 is 2.10 bits per heavy atom. The Bertz CT molecular complexity index is 568. The molecule has 0 spiro atoms. The molecule has 0 atom stereocenters. The largest absolute Gasteiger partial charge is 0.497 e. The van der Waals surface area contributed by atoms with E-state index in [1.807, 2.05) is 11.8 Å². The molecule has 0 aromatic heterocycles. The Kier molecular flexibility index (Phi) is 5.92. The van der Waals surface area contributed by atoms with Crippen molar-refractivity contribution < 1.29 is 18.3 Å². The van der Waals surface area contributed by atoms with Gasteiger partial charge in [0.25, 0.3) is 0 Å². The molecular weight excluding hydrogens is 310 g/mol. The van der Waals surface area contributed by atoms with Crippen molar-refractivity contribution in [2.75, 3.05) is 25.2 Å². The predicted octanol–water partition coefficient (Wildman–Crippen LogP) is 1.40. The molecule has 21 heavy (non-hydrogen) atoms. The summed E-state index contributed by atoms with van der Waals surface area (Å²) in [5, 5.41) is 9.14. The Morgan fingerprint density at radius 1 is 1.38 bits per heavy atom. The van der Waals surface area contributed by atoms with E-state index in [0.29, 0.717) is 11.3 Å². The molecule has 0 aliphatic carbocycles. The van der Waals surface area contributed by atoms with Crippen LogP contribution in [-0.2, 0) is 16.4 Å².